The van der Waals surface area contributed by atoms with E-state index in [1.807, 2.05) is 11.8 Å². The van der Waals surface area contributed by atoms with Gasteiger partial charge in [-0.05, 0) is 37.7 Å². The molecular weight excluding hydrogens is 242 g/mol. The molecule has 0 bridgehead atoms. The lowest BCUT2D eigenvalue weighted by atomic mass is 10.2. The van der Waals surface area contributed by atoms with Gasteiger partial charge in [-0.25, -0.2) is 0 Å². The molecule has 0 aliphatic carbocycles. The Morgan fingerprint density at radius 3 is 2.39 bits per heavy atom. The number of hydrogen-bond donors (Lipinski definition) is 1. The molecule has 0 radical (unpaired) electrons. The summed E-state index contributed by atoms with van der Waals surface area (Å²) in [6.07, 6.45) is 12.5. The van der Waals surface area contributed by atoms with Crippen LogP contribution in [0.25, 0.3) is 0 Å². The van der Waals surface area contributed by atoms with E-state index < -0.39 is 0 Å². The zero-order valence-corrected chi connectivity index (χ0v) is 12.7. The van der Waals surface area contributed by atoms with Gasteiger partial charge in [0.2, 0.25) is 0 Å². The number of guanidine groups is 1. The van der Waals surface area contributed by atoms with E-state index in [0.29, 0.717) is 0 Å². The predicted molar refractivity (Wildman–Crippen MR) is 83.4 cm³/mol. The molecule has 1 saturated heterocycles. The zero-order chi connectivity index (χ0) is 13.1. The van der Waals surface area contributed by atoms with E-state index in [1.165, 1.54) is 57.1 Å². The van der Waals surface area contributed by atoms with Crippen LogP contribution < -0.4 is 5.73 Å². The van der Waals surface area contributed by atoms with Gasteiger partial charge in [0.1, 0.15) is 0 Å². The summed E-state index contributed by atoms with van der Waals surface area (Å²) < 4.78 is 0. The first-order chi connectivity index (χ1) is 8.84. The van der Waals surface area contributed by atoms with Crippen LogP contribution in [0.4, 0.5) is 0 Å². The van der Waals surface area contributed by atoms with E-state index in [9.17, 15) is 0 Å². The van der Waals surface area contributed by atoms with Crippen molar-refractivity contribution in [3.05, 3.63) is 0 Å². The van der Waals surface area contributed by atoms with Crippen molar-refractivity contribution in [1.29, 1.82) is 0 Å². The van der Waals surface area contributed by atoms with E-state index in [4.69, 9.17) is 5.73 Å². The highest BCUT2D eigenvalue weighted by atomic mass is 32.2. The summed E-state index contributed by atoms with van der Waals surface area (Å²) in [5.41, 5.74) is 6.05. The Labute approximate surface area is 117 Å². The van der Waals surface area contributed by atoms with Gasteiger partial charge in [-0.15, -0.1) is 0 Å². The van der Waals surface area contributed by atoms with Crippen molar-refractivity contribution in [3.63, 3.8) is 0 Å². The van der Waals surface area contributed by atoms with Gasteiger partial charge in [0.15, 0.2) is 5.96 Å². The molecule has 1 fully saturated rings. The average Bonchev–Trinajstić information content (AvgIpc) is 2.66. The molecule has 1 heterocycles. The Bertz CT molecular complexity index is 223. The number of nitrogens with zero attached hydrogens (tertiary/aromatic N) is 2. The van der Waals surface area contributed by atoms with Gasteiger partial charge >= 0.3 is 0 Å². The molecule has 0 unspecified atom stereocenters. The molecule has 106 valence electrons. The van der Waals surface area contributed by atoms with Gasteiger partial charge in [-0.2, -0.15) is 11.8 Å². The summed E-state index contributed by atoms with van der Waals surface area (Å²) in [5.74, 6) is 2.07. The van der Waals surface area contributed by atoms with Crippen molar-refractivity contribution in [2.45, 2.75) is 51.4 Å². The fraction of sp³-hybridized carbons (Fsp3) is 0.929. The summed E-state index contributed by atoms with van der Waals surface area (Å²) >= 11 is 1.94. The third-order valence-corrected chi connectivity index (χ3v) is 4.16. The van der Waals surface area contributed by atoms with Crippen molar-refractivity contribution in [2.75, 3.05) is 31.6 Å². The van der Waals surface area contributed by atoms with Gasteiger partial charge in [-0.3, -0.25) is 4.99 Å². The van der Waals surface area contributed by atoms with Crippen molar-refractivity contribution in [3.8, 4) is 0 Å². The Morgan fingerprint density at radius 2 is 1.72 bits per heavy atom. The minimum absolute atomic E-state index is 0.779. The molecule has 0 spiro atoms. The fourth-order valence-electron chi connectivity index (χ4n) is 2.31. The van der Waals surface area contributed by atoms with E-state index in [2.05, 4.69) is 16.1 Å². The number of hydrogen-bond acceptors (Lipinski definition) is 2. The lowest BCUT2D eigenvalue weighted by molar-refractivity contribution is 0.428. The van der Waals surface area contributed by atoms with Crippen molar-refractivity contribution < 1.29 is 0 Å². The van der Waals surface area contributed by atoms with Gasteiger partial charge in [-0.1, -0.05) is 25.7 Å². The van der Waals surface area contributed by atoms with Crippen LogP contribution in [0.2, 0.25) is 0 Å². The zero-order valence-electron chi connectivity index (χ0n) is 11.9. The molecule has 1 aliphatic rings. The second-order valence-electron chi connectivity index (χ2n) is 5.05. The Hall–Kier alpha value is -0.380. The van der Waals surface area contributed by atoms with Crippen molar-refractivity contribution >= 4 is 17.7 Å². The van der Waals surface area contributed by atoms with Gasteiger partial charge < -0.3 is 10.6 Å². The third kappa shape index (κ3) is 7.14. The molecule has 0 aromatic rings. The molecule has 3 nitrogen and oxygen atoms in total. The second-order valence-corrected chi connectivity index (χ2v) is 6.03. The molecule has 0 aromatic carbocycles. The topological polar surface area (TPSA) is 41.6 Å². The predicted octanol–water partition coefficient (Wildman–Crippen LogP) is 3.10. The Kier molecular flexibility index (Phi) is 9.17. The van der Waals surface area contributed by atoms with Crippen LogP contribution in [0.3, 0.4) is 0 Å². The highest BCUT2D eigenvalue weighted by Crippen LogP contribution is 2.09. The van der Waals surface area contributed by atoms with Crippen LogP contribution in [0, 0.1) is 0 Å². The summed E-state index contributed by atoms with van der Waals surface area (Å²) in [6, 6.07) is 0. The molecule has 1 aliphatic heterocycles. The molecule has 0 amide bonds. The standard InChI is InChI=1S/C14H29N3S/c1-18-13-9-5-2-6-10-16-14(15)17-11-7-3-4-8-12-17/h2-13H2,1H3,(H2,15,16). The summed E-state index contributed by atoms with van der Waals surface area (Å²) in [4.78, 5) is 6.79. The molecule has 0 atom stereocenters. The molecule has 0 aromatic heterocycles. The lowest BCUT2D eigenvalue weighted by Crippen LogP contribution is -2.38. The number of thioether (sulfide) groups is 1. The average molecular weight is 271 g/mol. The molecule has 18 heavy (non-hydrogen) atoms. The number of likely N-dealkylation sites (tertiary alicyclic amines) is 1. The van der Waals surface area contributed by atoms with E-state index >= 15 is 0 Å². The molecular formula is C14H29N3S. The largest absolute Gasteiger partial charge is 0.370 e. The van der Waals surface area contributed by atoms with Crippen molar-refractivity contribution in [1.82, 2.24) is 4.90 Å². The summed E-state index contributed by atoms with van der Waals surface area (Å²) in [6.45, 7) is 3.10. The number of rotatable bonds is 7. The van der Waals surface area contributed by atoms with Crippen LogP contribution in [-0.2, 0) is 0 Å². The maximum atomic E-state index is 6.05. The normalized spacial score (nSPS) is 17.8. The smallest absolute Gasteiger partial charge is 0.191 e. The molecule has 0 saturated carbocycles. The Morgan fingerprint density at radius 1 is 1.06 bits per heavy atom. The SMILES string of the molecule is CSCCCCCCN=C(N)N1CCCCCC1. The number of nitrogens with two attached hydrogens (primary N) is 1. The van der Waals surface area contributed by atoms with Gasteiger partial charge in [0, 0.05) is 19.6 Å². The minimum Gasteiger partial charge on any atom is -0.370 e. The van der Waals surface area contributed by atoms with Crippen LogP contribution in [0.15, 0.2) is 4.99 Å². The maximum absolute atomic E-state index is 6.05. The van der Waals surface area contributed by atoms with Crippen LogP contribution in [-0.4, -0.2) is 42.5 Å². The number of unbranched alkanes of at least 4 members (excludes halogenated alkanes) is 3. The lowest BCUT2D eigenvalue weighted by Gasteiger charge is -2.21. The summed E-state index contributed by atoms with van der Waals surface area (Å²) in [7, 11) is 0. The van der Waals surface area contributed by atoms with Crippen LogP contribution in [0.1, 0.15) is 51.4 Å². The van der Waals surface area contributed by atoms with Crippen LogP contribution >= 0.6 is 11.8 Å². The summed E-state index contributed by atoms with van der Waals surface area (Å²) in [5, 5.41) is 0. The first kappa shape index (κ1) is 15.7. The highest BCUT2D eigenvalue weighted by molar-refractivity contribution is 7.98. The first-order valence-electron chi connectivity index (χ1n) is 7.38. The van der Waals surface area contributed by atoms with Crippen LogP contribution in [0.5, 0.6) is 0 Å². The number of aliphatic imine (C=N–C) groups is 1. The van der Waals surface area contributed by atoms with Crippen molar-refractivity contribution in [2.24, 2.45) is 10.7 Å². The maximum Gasteiger partial charge on any atom is 0.191 e. The fourth-order valence-corrected chi connectivity index (χ4v) is 2.80. The Balaban J connectivity index is 2.08. The van der Waals surface area contributed by atoms with E-state index in [0.717, 1.165) is 25.6 Å². The third-order valence-electron chi connectivity index (χ3n) is 3.46. The van der Waals surface area contributed by atoms with Gasteiger partial charge in [0.05, 0.1) is 0 Å². The van der Waals surface area contributed by atoms with E-state index in [1.54, 1.807) is 0 Å². The first-order valence-corrected chi connectivity index (χ1v) is 8.78. The molecule has 2 N–H and O–H groups in total. The quantitative estimate of drug-likeness (QED) is 0.439. The van der Waals surface area contributed by atoms with Gasteiger partial charge in [0.25, 0.3) is 0 Å². The second kappa shape index (κ2) is 10.5. The monoisotopic (exact) mass is 271 g/mol. The minimum atomic E-state index is 0.779. The highest BCUT2D eigenvalue weighted by Gasteiger charge is 2.10. The molecule has 4 heteroatoms. The molecule has 1 rings (SSSR count). The van der Waals surface area contributed by atoms with E-state index in [-0.39, 0.29) is 0 Å².